The first kappa shape index (κ1) is 20.3. The van der Waals surface area contributed by atoms with E-state index in [0.29, 0.717) is 13.0 Å². The minimum absolute atomic E-state index is 0.250. The molecule has 7 nitrogen and oxygen atoms in total. The lowest BCUT2D eigenvalue weighted by molar-refractivity contribution is -0.161. The number of ether oxygens (including phenoxy) is 2. The SMILES string of the molecule is [N-]=[N+]=N[C@H]1C[C@H](COCc2ccccc2)[C@@H](O)[C@H](OCc2ccccc2)[C@H]1O. The third-order valence-electron chi connectivity index (χ3n) is 5.02. The van der Waals surface area contributed by atoms with Crippen molar-refractivity contribution in [1.29, 1.82) is 0 Å². The van der Waals surface area contributed by atoms with E-state index in [4.69, 9.17) is 15.0 Å². The summed E-state index contributed by atoms with van der Waals surface area (Å²) in [6.07, 6.45) is -2.50. The third kappa shape index (κ3) is 5.32. The first-order chi connectivity index (χ1) is 13.7. The van der Waals surface area contributed by atoms with Gasteiger partial charge in [-0.15, -0.1) is 0 Å². The van der Waals surface area contributed by atoms with Crippen molar-refractivity contribution >= 4 is 0 Å². The number of hydrogen-bond donors (Lipinski definition) is 2. The molecule has 1 aliphatic carbocycles. The van der Waals surface area contributed by atoms with Crippen LogP contribution in [0.2, 0.25) is 0 Å². The van der Waals surface area contributed by atoms with Gasteiger partial charge in [-0.3, -0.25) is 0 Å². The molecule has 0 saturated heterocycles. The highest BCUT2D eigenvalue weighted by molar-refractivity contribution is 5.14. The third-order valence-corrected chi connectivity index (χ3v) is 5.02. The lowest BCUT2D eigenvalue weighted by atomic mass is 9.80. The Morgan fingerprint density at radius 1 is 0.929 bits per heavy atom. The molecule has 1 fully saturated rings. The van der Waals surface area contributed by atoms with E-state index in [-0.39, 0.29) is 19.1 Å². The predicted octanol–water partition coefficient (Wildman–Crippen LogP) is 3.21. The number of aliphatic hydroxyl groups is 2. The van der Waals surface area contributed by atoms with Gasteiger partial charge in [0.05, 0.1) is 38.1 Å². The molecule has 0 aliphatic heterocycles. The number of rotatable bonds is 8. The average Bonchev–Trinajstić information content (AvgIpc) is 2.73. The highest BCUT2D eigenvalue weighted by atomic mass is 16.5. The molecule has 148 valence electrons. The van der Waals surface area contributed by atoms with Gasteiger partial charge in [-0.05, 0) is 23.1 Å². The molecular weight excluding hydrogens is 358 g/mol. The predicted molar refractivity (Wildman–Crippen MR) is 104 cm³/mol. The Morgan fingerprint density at radius 2 is 1.54 bits per heavy atom. The van der Waals surface area contributed by atoms with E-state index in [9.17, 15) is 10.2 Å². The van der Waals surface area contributed by atoms with Crippen LogP contribution in [0.4, 0.5) is 0 Å². The lowest BCUT2D eigenvalue weighted by Crippen LogP contribution is -2.55. The second kappa shape index (κ2) is 10.2. The first-order valence-corrected chi connectivity index (χ1v) is 9.36. The van der Waals surface area contributed by atoms with Gasteiger partial charge in [0.2, 0.25) is 0 Å². The molecule has 0 unspecified atom stereocenters. The zero-order valence-corrected chi connectivity index (χ0v) is 15.5. The van der Waals surface area contributed by atoms with Crippen LogP contribution < -0.4 is 0 Å². The summed E-state index contributed by atoms with van der Waals surface area (Å²) in [6.45, 7) is 0.958. The fraction of sp³-hybridized carbons (Fsp3) is 0.429. The maximum Gasteiger partial charge on any atom is 0.110 e. The fourth-order valence-corrected chi connectivity index (χ4v) is 3.49. The van der Waals surface area contributed by atoms with Crippen LogP contribution in [0.1, 0.15) is 17.5 Å². The summed E-state index contributed by atoms with van der Waals surface area (Å²) >= 11 is 0. The Bertz CT molecular complexity index is 768. The molecule has 5 atom stereocenters. The minimum Gasteiger partial charge on any atom is -0.390 e. The molecule has 0 bridgehead atoms. The summed E-state index contributed by atoms with van der Waals surface area (Å²) in [7, 11) is 0. The Balaban J connectivity index is 1.63. The van der Waals surface area contributed by atoms with Crippen molar-refractivity contribution in [2.24, 2.45) is 11.0 Å². The molecule has 0 amide bonds. The highest BCUT2D eigenvalue weighted by Gasteiger charge is 2.44. The molecule has 2 aromatic rings. The standard InChI is InChI=1S/C21H25N3O4/c22-24-23-18-11-17(14-27-12-15-7-3-1-4-8-15)19(25)21(20(18)26)28-13-16-9-5-2-6-10-16/h1-10,17-21,25-26H,11-14H2/t17-,18+,19-,20+,21+/m1/s1. The van der Waals surface area contributed by atoms with Gasteiger partial charge in [-0.1, -0.05) is 65.8 Å². The molecule has 2 N–H and O–H groups in total. The van der Waals surface area contributed by atoms with Gasteiger partial charge in [0.25, 0.3) is 0 Å². The van der Waals surface area contributed by atoms with Crippen molar-refractivity contribution in [3.05, 3.63) is 82.2 Å². The van der Waals surface area contributed by atoms with Gasteiger partial charge in [-0.25, -0.2) is 0 Å². The van der Waals surface area contributed by atoms with Crippen molar-refractivity contribution in [2.75, 3.05) is 6.61 Å². The van der Waals surface area contributed by atoms with Gasteiger partial charge in [0.15, 0.2) is 0 Å². The molecule has 1 saturated carbocycles. The molecule has 0 radical (unpaired) electrons. The monoisotopic (exact) mass is 383 g/mol. The number of aliphatic hydroxyl groups excluding tert-OH is 2. The zero-order valence-electron chi connectivity index (χ0n) is 15.5. The van der Waals surface area contributed by atoms with E-state index in [1.165, 1.54) is 0 Å². The summed E-state index contributed by atoms with van der Waals surface area (Å²) in [5.74, 6) is -0.302. The minimum atomic E-state index is -1.07. The molecule has 1 aliphatic rings. The van der Waals surface area contributed by atoms with E-state index in [0.717, 1.165) is 11.1 Å². The van der Waals surface area contributed by atoms with E-state index in [1.807, 2.05) is 60.7 Å². The van der Waals surface area contributed by atoms with Crippen LogP contribution in [0.15, 0.2) is 65.8 Å². The van der Waals surface area contributed by atoms with Crippen LogP contribution in [0, 0.1) is 5.92 Å². The topological polar surface area (TPSA) is 108 Å². The quantitative estimate of drug-likeness (QED) is 0.414. The zero-order chi connectivity index (χ0) is 19.8. The van der Waals surface area contributed by atoms with Gasteiger partial charge >= 0.3 is 0 Å². The average molecular weight is 383 g/mol. The number of azide groups is 1. The summed E-state index contributed by atoms with van der Waals surface area (Å²) in [5, 5.41) is 25.0. The molecular formula is C21H25N3O4. The fourth-order valence-electron chi connectivity index (χ4n) is 3.49. The van der Waals surface area contributed by atoms with E-state index in [2.05, 4.69) is 10.0 Å². The van der Waals surface area contributed by atoms with E-state index >= 15 is 0 Å². The summed E-state index contributed by atoms with van der Waals surface area (Å²) in [5.41, 5.74) is 10.8. The van der Waals surface area contributed by atoms with Crippen LogP contribution in [0.3, 0.4) is 0 Å². The van der Waals surface area contributed by atoms with Gasteiger partial charge in [-0.2, -0.15) is 0 Å². The van der Waals surface area contributed by atoms with Crippen LogP contribution in [-0.2, 0) is 22.7 Å². The maximum atomic E-state index is 10.8. The largest absolute Gasteiger partial charge is 0.390 e. The second-order valence-electron chi connectivity index (χ2n) is 7.01. The summed E-state index contributed by atoms with van der Waals surface area (Å²) < 4.78 is 11.6. The van der Waals surface area contributed by atoms with E-state index in [1.54, 1.807) is 0 Å². The van der Waals surface area contributed by atoms with Crippen LogP contribution >= 0.6 is 0 Å². The van der Waals surface area contributed by atoms with Gasteiger partial charge in [0, 0.05) is 10.8 Å². The number of hydrogen-bond acceptors (Lipinski definition) is 5. The van der Waals surface area contributed by atoms with Gasteiger partial charge < -0.3 is 19.7 Å². The van der Waals surface area contributed by atoms with Crippen LogP contribution in [-0.4, -0.2) is 41.2 Å². The van der Waals surface area contributed by atoms with Crippen molar-refractivity contribution < 1.29 is 19.7 Å². The molecule has 0 heterocycles. The maximum absolute atomic E-state index is 10.8. The molecule has 0 aromatic heterocycles. The Hall–Kier alpha value is -2.41. The van der Waals surface area contributed by atoms with Crippen LogP contribution in [0.5, 0.6) is 0 Å². The molecule has 3 rings (SSSR count). The second-order valence-corrected chi connectivity index (χ2v) is 7.01. The first-order valence-electron chi connectivity index (χ1n) is 9.36. The Kier molecular flexibility index (Phi) is 7.42. The number of benzene rings is 2. The van der Waals surface area contributed by atoms with Crippen molar-refractivity contribution in [1.82, 2.24) is 0 Å². The molecule has 0 spiro atoms. The Labute approximate surface area is 164 Å². The van der Waals surface area contributed by atoms with Crippen molar-refractivity contribution in [2.45, 2.75) is 44.0 Å². The van der Waals surface area contributed by atoms with Crippen molar-refractivity contribution in [3.8, 4) is 0 Å². The normalized spacial score (nSPS) is 27.1. The molecule has 2 aromatic carbocycles. The Morgan fingerprint density at radius 3 is 2.14 bits per heavy atom. The summed E-state index contributed by atoms with van der Waals surface area (Å²) in [4.78, 5) is 2.84. The number of nitrogens with zero attached hydrogens (tertiary/aromatic N) is 3. The lowest BCUT2D eigenvalue weighted by Gasteiger charge is -2.41. The highest BCUT2D eigenvalue weighted by Crippen LogP contribution is 2.31. The molecule has 28 heavy (non-hydrogen) atoms. The molecule has 7 heteroatoms. The smallest absolute Gasteiger partial charge is 0.110 e. The van der Waals surface area contributed by atoms with Crippen molar-refractivity contribution in [3.63, 3.8) is 0 Å². The van der Waals surface area contributed by atoms with Crippen LogP contribution in [0.25, 0.3) is 10.4 Å². The van der Waals surface area contributed by atoms with Gasteiger partial charge in [0.1, 0.15) is 6.10 Å². The summed E-state index contributed by atoms with van der Waals surface area (Å²) in [6, 6.07) is 18.6. The van der Waals surface area contributed by atoms with E-state index < -0.39 is 24.4 Å².